The van der Waals surface area contributed by atoms with Crippen LogP contribution in [0, 0.1) is 3.57 Å². The number of anilines is 1. The number of rotatable bonds is 5. The molecule has 0 radical (unpaired) electrons. The number of carbonyl (C=O) groups excluding carboxylic acids is 2. The Morgan fingerprint density at radius 2 is 1.55 bits per heavy atom. The van der Waals surface area contributed by atoms with Crippen LogP contribution in [0.15, 0.2) is 54.6 Å². The Morgan fingerprint density at radius 1 is 0.900 bits per heavy atom. The maximum atomic E-state index is 11.9. The van der Waals surface area contributed by atoms with Crippen molar-refractivity contribution in [3.8, 4) is 0 Å². The number of halogens is 1. The van der Waals surface area contributed by atoms with E-state index in [1.54, 1.807) is 12.1 Å². The Balaban J connectivity index is 1.87. The van der Waals surface area contributed by atoms with E-state index in [4.69, 9.17) is 0 Å². The lowest BCUT2D eigenvalue weighted by atomic mass is 10.1. The first-order valence-corrected chi connectivity index (χ1v) is 7.37. The fourth-order valence-electron chi connectivity index (χ4n) is 1.77. The van der Waals surface area contributed by atoms with Gasteiger partial charge in [-0.15, -0.1) is 0 Å². The van der Waals surface area contributed by atoms with Crippen LogP contribution < -0.4 is 5.32 Å². The second kappa shape index (κ2) is 7.19. The first-order valence-electron chi connectivity index (χ1n) is 6.29. The summed E-state index contributed by atoms with van der Waals surface area (Å²) in [5.41, 5.74) is 1.43. The number of hydrogen-bond acceptors (Lipinski definition) is 2. The highest BCUT2D eigenvalue weighted by atomic mass is 127. The summed E-state index contributed by atoms with van der Waals surface area (Å²) in [5.74, 6) is -0.151. The monoisotopic (exact) mass is 379 g/mol. The van der Waals surface area contributed by atoms with Gasteiger partial charge in [-0.3, -0.25) is 9.59 Å². The van der Waals surface area contributed by atoms with Crippen molar-refractivity contribution in [3.63, 3.8) is 0 Å². The zero-order chi connectivity index (χ0) is 14.4. The highest BCUT2D eigenvalue weighted by Crippen LogP contribution is 2.17. The van der Waals surface area contributed by atoms with Gasteiger partial charge in [-0.05, 0) is 34.7 Å². The van der Waals surface area contributed by atoms with Gasteiger partial charge in [-0.1, -0.05) is 42.5 Å². The van der Waals surface area contributed by atoms with Gasteiger partial charge >= 0.3 is 0 Å². The summed E-state index contributed by atoms with van der Waals surface area (Å²) < 4.78 is 0.979. The summed E-state index contributed by atoms with van der Waals surface area (Å²) in [6.45, 7) is 0. The molecule has 2 aromatic carbocycles. The zero-order valence-electron chi connectivity index (χ0n) is 10.8. The van der Waals surface area contributed by atoms with Gasteiger partial charge in [-0.2, -0.15) is 0 Å². The minimum absolute atomic E-state index is 0.0106. The summed E-state index contributed by atoms with van der Waals surface area (Å²) >= 11 is 2.16. The molecule has 1 N–H and O–H groups in total. The third-order valence-electron chi connectivity index (χ3n) is 2.82. The van der Waals surface area contributed by atoms with Crippen LogP contribution in [0.4, 0.5) is 5.69 Å². The van der Waals surface area contributed by atoms with Crippen LogP contribution in [-0.4, -0.2) is 11.7 Å². The molecule has 0 atom stereocenters. The van der Waals surface area contributed by atoms with Crippen molar-refractivity contribution >= 4 is 40.0 Å². The average Bonchev–Trinajstić information content (AvgIpc) is 2.48. The summed E-state index contributed by atoms with van der Waals surface area (Å²) in [6.07, 6.45) is 0.415. The van der Waals surface area contributed by atoms with Gasteiger partial charge in [0.2, 0.25) is 5.91 Å². The molecule has 0 saturated carbocycles. The molecular weight excluding hydrogens is 365 g/mol. The van der Waals surface area contributed by atoms with Crippen molar-refractivity contribution in [3.05, 3.63) is 63.7 Å². The molecule has 4 heteroatoms. The number of amides is 1. The molecule has 0 aliphatic carbocycles. The second-order valence-corrected chi connectivity index (χ2v) is 5.48. The van der Waals surface area contributed by atoms with Crippen LogP contribution in [0.2, 0.25) is 0 Å². The average molecular weight is 379 g/mol. The number of hydrogen-bond donors (Lipinski definition) is 1. The predicted octanol–water partition coefficient (Wildman–Crippen LogP) is 3.89. The van der Waals surface area contributed by atoms with E-state index in [0.717, 1.165) is 9.26 Å². The molecule has 0 heterocycles. The normalized spacial score (nSPS) is 10.1. The van der Waals surface area contributed by atoms with Gasteiger partial charge in [-0.25, -0.2) is 0 Å². The van der Waals surface area contributed by atoms with Crippen molar-refractivity contribution in [1.29, 1.82) is 0 Å². The van der Waals surface area contributed by atoms with Crippen LogP contribution in [-0.2, 0) is 4.79 Å². The molecule has 3 nitrogen and oxygen atoms in total. The molecule has 102 valence electrons. The lowest BCUT2D eigenvalue weighted by Crippen LogP contribution is -2.14. The van der Waals surface area contributed by atoms with E-state index in [1.165, 1.54) is 0 Å². The minimum atomic E-state index is -0.140. The molecule has 2 rings (SSSR count). The van der Waals surface area contributed by atoms with Gasteiger partial charge in [0.1, 0.15) is 0 Å². The molecule has 0 bridgehead atoms. The molecule has 0 aliphatic heterocycles. The fourth-order valence-corrected chi connectivity index (χ4v) is 2.29. The Bertz CT molecular complexity index is 611. The first-order chi connectivity index (χ1) is 9.66. The fraction of sp³-hybridized carbons (Fsp3) is 0.125. The van der Waals surface area contributed by atoms with Gasteiger partial charge in [0.05, 0.1) is 5.69 Å². The van der Waals surface area contributed by atoms with E-state index in [1.807, 2.05) is 42.5 Å². The highest BCUT2D eigenvalue weighted by Gasteiger charge is 2.10. The highest BCUT2D eigenvalue weighted by molar-refractivity contribution is 14.1. The van der Waals surface area contributed by atoms with E-state index in [0.29, 0.717) is 5.56 Å². The molecule has 0 unspecified atom stereocenters. The Hall–Kier alpha value is -1.69. The van der Waals surface area contributed by atoms with E-state index in [2.05, 4.69) is 27.9 Å². The molecule has 0 spiro atoms. The predicted molar refractivity (Wildman–Crippen MR) is 87.8 cm³/mol. The molecule has 0 aliphatic rings. The molecule has 2 aromatic rings. The maximum absolute atomic E-state index is 11.9. The van der Waals surface area contributed by atoms with Crippen molar-refractivity contribution in [1.82, 2.24) is 0 Å². The topological polar surface area (TPSA) is 46.2 Å². The molecule has 1 amide bonds. The summed E-state index contributed by atoms with van der Waals surface area (Å²) in [4.78, 5) is 23.7. The van der Waals surface area contributed by atoms with Crippen LogP contribution in [0.25, 0.3) is 0 Å². The van der Waals surface area contributed by atoms with E-state index in [-0.39, 0.29) is 24.5 Å². The molecule has 20 heavy (non-hydrogen) atoms. The number of para-hydroxylation sites is 1. The minimum Gasteiger partial charge on any atom is -0.325 e. The molecule has 0 saturated heterocycles. The van der Waals surface area contributed by atoms with Gasteiger partial charge in [0.15, 0.2) is 5.78 Å². The van der Waals surface area contributed by atoms with Crippen LogP contribution in [0.1, 0.15) is 23.2 Å². The zero-order valence-corrected chi connectivity index (χ0v) is 13.0. The van der Waals surface area contributed by atoms with E-state index in [9.17, 15) is 9.59 Å². The van der Waals surface area contributed by atoms with Gasteiger partial charge in [0, 0.05) is 22.0 Å². The summed E-state index contributed by atoms with van der Waals surface area (Å²) in [5, 5.41) is 2.82. The van der Waals surface area contributed by atoms with Crippen LogP contribution >= 0.6 is 22.6 Å². The number of carbonyl (C=O) groups is 2. The number of Topliss-reactive ketones (excluding diaryl/α,β-unsaturated/α-hetero) is 1. The van der Waals surface area contributed by atoms with Crippen molar-refractivity contribution < 1.29 is 9.59 Å². The van der Waals surface area contributed by atoms with Crippen molar-refractivity contribution in [2.45, 2.75) is 12.8 Å². The van der Waals surface area contributed by atoms with Crippen LogP contribution in [0.5, 0.6) is 0 Å². The summed E-state index contributed by atoms with van der Waals surface area (Å²) in [7, 11) is 0. The lowest BCUT2D eigenvalue weighted by molar-refractivity contribution is -0.116. The Kier molecular flexibility index (Phi) is 5.29. The SMILES string of the molecule is O=C(CCC(=O)c1ccccc1)Nc1ccccc1I. The third kappa shape index (κ3) is 4.16. The molecule has 0 aromatic heterocycles. The Labute approximate surface area is 131 Å². The number of benzene rings is 2. The van der Waals surface area contributed by atoms with E-state index < -0.39 is 0 Å². The molecular formula is C16H14INO2. The van der Waals surface area contributed by atoms with Crippen molar-refractivity contribution in [2.24, 2.45) is 0 Å². The number of nitrogens with one attached hydrogen (secondary N) is 1. The maximum Gasteiger partial charge on any atom is 0.224 e. The second-order valence-electron chi connectivity index (χ2n) is 4.32. The standard InChI is InChI=1S/C16H14INO2/c17-13-8-4-5-9-14(13)18-16(20)11-10-15(19)12-6-2-1-3-7-12/h1-9H,10-11H2,(H,18,20). The molecule has 0 fully saturated rings. The van der Waals surface area contributed by atoms with Gasteiger partial charge in [0.25, 0.3) is 0 Å². The first kappa shape index (κ1) is 14.7. The van der Waals surface area contributed by atoms with Crippen LogP contribution in [0.3, 0.4) is 0 Å². The van der Waals surface area contributed by atoms with E-state index >= 15 is 0 Å². The smallest absolute Gasteiger partial charge is 0.224 e. The largest absolute Gasteiger partial charge is 0.325 e. The quantitative estimate of drug-likeness (QED) is 0.633. The van der Waals surface area contributed by atoms with Crippen molar-refractivity contribution in [2.75, 3.05) is 5.32 Å². The Morgan fingerprint density at radius 3 is 2.25 bits per heavy atom. The lowest BCUT2D eigenvalue weighted by Gasteiger charge is -2.06. The number of ketones is 1. The summed E-state index contributed by atoms with van der Waals surface area (Å²) in [6, 6.07) is 16.6. The van der Waals surface area contributed by atoms with Gasteiger partial charge < -0.3 is 5.32 Å². The third-order valence-corrected chi connectivity index (χ3v) is 3.76.